The third-order valence-electron chi connectivity index (χ3n) is 6.46. The lowest BCUT2D eigenvalue weighted by molar-refractivity contribution is -0.384. The van der Waals surface area contributed by atoms with Crippen LogP contribution in [0, 0.1) is 15.9 Å². The molecular formula is C30H27FN6O5S2. The van der Waals surface area contributed by atoms with Gasteiger partial charge in [0.15, 0.2) is 0 Å². The molecule has 1 unspecified atom stereocenters. The molecule has 4 aromatic rings. The summed E-state index contributed by atoms with van der Waals surface area (Å²) in [6.07, 6.45) is 1.07. The SMILES string of the molecule is [N-]=[N+]=NCCCC(CSc1ccccc1)Nc1ccc(S(=O)(=O)NC(=O)c2ccc(-c3ccc(F)cc3)cc2)cc1[N+](=O)[O-]. The van der Waals surface area contributed by atoms with Crippen molar-refractivity contribution in [1.82, 2.24) is 4.72 Å². The summed E-state index contributed by atoms with van der Waals surface area (Å²) >= 11 is 1.54. The topological polar surface area (TPSA) is 167 Å². The molecule has 44 heavy (non-hydrogen) atoms. The van der Waals surface area contributed by atoms with Crippen molar-refractivity contribution in [2.24, 2.45) is 5.11 Å². The number of hydrogen-bond acceptors (Lipinski definition) is 8. The Morgan fingerprint density at radius 3 is 2.30 bits per heavy atom. The minimum absolute atomic E-state index is 0.0479. The molecule has 0 spiro atoms. The second-order valence-corrected chi connectivity index (χ2v) is 12.3. The normalized spacial score (nSPS) is 11.7. The molecule has 0 saturated carbocycles. The predicted molar refractivity (Wildman–Crippen MR) is 167 cm³/mol. The predicted octanol–water partition coefficient (Wildman–Crippen LogP) is 7.18. The minimum atomic E-state index is -4.47. The van der Waals surface area contributed by atoms with E-state index in [-0.39, 0.29) is 29.7 Å². The zero-order chi connectivity index (χ0) is 31.5. The van der Waals surface area contributed by atoms with Crippen LogP contribution in [0.3, 0.4) is 0 Å². The fourth-order valence-corrected chi connectivity index (χ4v) is 6.22. The number of hydrogen-bond donors (Lipinski definition) is 2. The molecule has 1 amide bonds. The Balaban J connectivity index is 1.49. The van der Waals surface area contributed by atoms with Gasteiger partial charge in [0.2, 0.25) is 0 Å². The highest BCUT2D eigenvalue weighted by Crippen LogP contribution is 2.30. The summed E-state index contributed by atoms with van der Waals surface area (Å²) < 4.78 is 41.3. The summed E-state index contributed by atoms with van der Waals surface area (Å²) in [5, 5.41) is 18.7. The second kappa shape index (κ2) is 15.0. The van der Waals surface area contributed by atoms with Gasteiger partial charge in [-0.25, -0.2) is 17.5 Å². The molecule has 226 valence electrons. The van der Waals surface area contributed by atoms with Gasteiger partial charge in [-0.2, -0.15) is 0 Å². The van der Waals surface area contributed by atoms with Gasteiger partial charge in [0.25, 0.3) is 21.6 Å². The first-order chi connectivity index (χ1) is 21.2. The van der Waals surface area contributed by atoms with Gasteiger partial charge in [0, 0.05) is 39.8 Å². The molecular weight excluding hydrogens is 607 g/mol. The number of nitro groups is 1. The van der Waals surface area contributed by atoms with Gasteiger partial charge in [0.05, 0.1) is 9.82 Å². The number of benzene rings is 4. The zero-order valence-electron chi connectivity index (χ0n) is 23.2. The highest BCUT2D eigenvalue weighted by atomic mass is 32.2. The molecule has 0 aliphatic heterocycles. The van der Waals surface area contributed by atoms with Crippen LogP contribution in [0.15, 0.2) is 112 Å². The van der Waals surface area contributed by atoms with E-state index in [1.54, 1.807) is 36.0 Å². The molecule has 0 fully saturated rings. The van der Waals surface area contributed by atoms with Crippen LogP contribution in [0.2, 0.25) is 0 Å². The Hall–Kier alpha value is -4.91. The molecule has 0 aliphatic rings. The number of anilines is 1. The molecule has 11 nitrogen and oxygen atoms in total. The van der Waals surface area contributed by atoms with E-state index in [4.69, 9.17) is 5.53 Å². The fourth-order valence-electron chi connectivity index (χ4n) is 4.23. The fraction of sp³-hybridized carbons (Fsp3) is 0.167. The lowest BCUT2D eigenvalue weighted by atomic mass is 10.0. The van der Waals surface area contributed by atoms with E-state index in [1.165, 1.54) is 36.4 Å². The van der Waals surface area contributed by atoms with Crippen LogP contribution < -0.4 is 10.0 Å². The highest BCUT2D eigenvalue weighted by Gasteiger charge is 2.25. The van der Waals surface area contributed by atoms with Crippen molar-refractivity contribution in [2.45, 2.75) is 28.7 Å². The second-order valence-electron chi connectivity index (χ2n) is 9.52. The maximum Gasteiger partial charge on any atom is 0.293 e. The number of halogens is 1. The molecule has 14 heteroatoms. The number of sulfonamides is 1. The third kappa shape index (κ3) is 8.80. The quantitative estimate of drug-likeness (QED) is 0.0282. The highest BCUT2D eigenvalue weighted by molar-refractivity contribution is 7.99. The first-order valence-electron chi connectivity index (χ1n) is 13.3. The lowest BCUT2D eigenvalue weighted by Gasteiger charge is -2.20. The zero-order valence-corrected chi connectivity index (χ0v) is 24.8. The van der Waals surface area contributed by atoms with Gasteiger partial charge in [-0.05, 0) is 78.0 Å². The number of rotatable bonds is 14. The summed E-state index contributed by atoms with van der Waals surface area (Å²) in [7, 11) is -4.47. The Labute approximate surface area is 257 Å². The first kappa shape index (κ1) is 32.0. The molecule has 0 radical (unpaired) electrons. The molecule has 0 saturated heterocycles. The van der Waals surface area contributed by atoms with Crippen molar-refractivity contribution in [2.75, 3.05) is 17.6 Å². The van der Waals surface area contributed by atoms with Crippen molar-refractivity contribution >= 4 is 39.1 Å². The number of azide groups is 1. The number of carbonyl (C=O) groups excluding carboxylic acids is 1. The molecule has 1 atom stereocenters. The monoisotopic (exact) mass is 634 g/mol. The Kier molecular flexibility index (Phi) is 10.9. The number of nitrogens with one attached hydrogen (secondary N) is 2. The number of nitro benzene ring substituents is 1. The number of thioether (sulfide) groups is 1. The van der Waals surface area contributed by atoms with Crippen molar-refractivity contribution in [3.8, 4) is 11.1 Å². The maximum absolute atomic E-state index is 13.2. The van der Waals surface area contributed by atoms with Crippen LogP contribution in [0.25, 0.3) is 21.6 Å². The van der Waals surface area contributed by atoms with Crippen LogP contribution in [0.1, 0.15) is 23.2 Å². The standard InChI is InChI=1S/C30H27FN6O5S2/c31-24-14-12-22(13-15-24)21-8-10-23(11-9-21)30(38)35-44(41,42)27-16-17-28(29(19-27)37(39)40)34-25(5-4-18-33-36-32)20-43-26-6-2-1-3-7-26/h1-3,6-17,19,25,34H,4-5,18,20H2,(H,35,38). The minimum Gasteiger partial charge on any atom is -0.376 e. The van der Waals surface area contributed by atoms with E-state index in [1.807, 2.05) is 35.1 Å². The van der Waals surface area contributed by atoms with E-state index < -0.39 is 31.4 Å². The van der Waals surface area contributed by atoms with Gasteiger partial charge in [-0.15, -0.1) is 11.8 Å². The van der Waals surface area contributed by atoms with E-state index >= 15 is 0 Å². The molecule has 4 rings (SSSR count). The lowest BCUT2D eigenvalue weighted by Crippen LogP contribution is -2.30. The van der Waals surface area contributed by atoms with Crippen molar-refractivity contribution in [3.05, 3.63) is 129 Å². The van der Waals surface area contributed by atoms with Crippen molar-refractivity contribution in [1.29, 1.82) is 0 Å². The summed E-state index contributed by atoms with van der Waals surface area (Å²) in [5.41, 5.74) is 9.65. The first-order valence-corrected chi connectivity index (χ1v) is 15.8. The van der Waals surface area contributed by atoms with Gasteiger partial charge < -0.3 is 5.32 Å². The van der Waals surface area contributed by atoms with Crippen molar-refractivity contribution in [3.63, 3.8) is 0 Å². The van der Waals surface area contributed by atoms with Crippen LogP contribution in [0.4, 0.5) is 15.8 Å². The van der Waals surface area contributed by atoms with Crippen LogP contribution in [0.5, 0.6) is 0 Å². The largest absolute Gasteiger partial charge is 0.376 e. The van der Waals surface area contributed by atoms with Crippen LogP contribution >= 0.6 is 11.8 Å². The maximum atomic E-state index is 13.2. The molecule has 2 N–H and O–H groups in total. The van der Waals surface area contributed by atoms with Gasteiger partial charge in [0.1, 0.15) is 11.5 Å². The van der Waals surface area contributed by atoms with E-state index in [9.17, 15) is 27.7 Å². The number of amides is 1. The van der Waals surface area contributed by atoms with Gasteiger partial charge in [-0.1, -0.05) is 47.6 Å². The summed E-state index contributed by atoms with van der Waals surface area (Å²) in [5.74, 6) is -0.769. The van der Waals surface area contributed by atoms with E-state index in [2.05, 4.69) is 15.3 Å². The molecule has 4 aromatic carbocycles. The average Bonchev–Trinajstić information content (AvgIpc) is 3.02. The average molecular weight is 635 g/mol. The van der Waals surface area contributed by atoms with Crippen LogP contribution in [-0.4, -0.2) is 37.6 Å². The molecule has 0 aliphatic carbocycles. The summed E-state index contributed by atoms with van der Waals surface area (Å²) in [6, 6.07) is 24.5. The van der Waals surface area contributed by atoms with Gasteiger partial charge in [-0.3, -0.25) is 14.9 Å². The molecule has 0 aromatic heterocycles. The number of carbonyl (C=O) groups is 1. The Morgan fingerprint density at radius 2 is 1.66 bits per heavy atom. The van der Waals surface area contributed by atoms with Gasteiger partial charge >= 0.3 is 0 Å². The Morgan fingerprint density at radius 1 is 1.00 bits per heavy atom. The summed E-state index contributed by atoms with van der Waals surface area (Å²) in [6.45, 7) is 0.263. The van der Waals surface area contributed by atoms with Crippen molar-refractivity contribution < 1.29 is 22.5 Å². The van der Waals surface area contributed by atoms with Crippen LogP contribution in [-0.2, 0) is 10.0 Å². The third-order valence-corrected chi connectivity index (χ3v) is 8.96. The molecule has 0 bridgehead atoms. The number of nitrogens with zero attached hydrogens (tertiary/aromatic N) is 4. The van der Waals surface area contributed by atoms with E-state index in [0.717, 1.165) is 11.0 Å². The molecule has 0 heterocycles. The summed E-state index contributed by atoms with van der Waals surface area (Å²) in [4.78, 5) is 27.4. The smallest absolute Gasteiger partial charge is 0.293 e. The van der Waals surface area contributed by atoms with E-state index in [0.29, 0.717) is 29.7 Å². The Bertz CT molecular complexity index is 1770.